The van der Waals surface area contributed by atoms with Gasteiger partial charge in [0.25, 0.3) is 0 Å². The van der Waals surface area contributed by atoms with Gasteiger partial charge in [-0.1, -0.05) is 13.8 Å². The summed E-state index contributed by atoms with van der Waals surface area (Å²) in [5.74, 6) is 0.468. The Hall–Kier alpha value is -1.72. The fraction of sp³-hybridized carbons (Fsp3) is 0.588. The lowest BCUT2D eigenvalue weighted by Crippen LogP contribution is -2.24. The SMILES string of the molecule is CC.CCNC(CNc1cc(C)c(C(F)(F)F)cn1)=C1CCC1. The van der Waals surface area contributed by atoms with Crippen LogP contribution in [0.3, 0.4) is 0 Å². The number of likely N-dealkylation sites (N-methyl/N-ethyl adjacent to an activating group) is 1. The molecular formula is C17H26F3N3. The molecule has 1 aromatic heterocycles. The Morgan fingerprint density at radius 2 is 1.91 bits per heavy atom. The standard InChI is InChI=1S/C15H20F3N3.C2H6/c1-3-19-13(11-5-4-6-11)9-21-14-7-10(2)12(8-20-14)15(16,17)18;1-2/h7-8,19H,3-6,9H2,1-2H3,(H,20,21);1-2H3. The molecule has 130 valence electrons. The average molecular weight is 329 g/mol. The highest BCUT2D eigenvalue weighted by molar-refractivity contribution is 5.43. The van der Waals surface area contributed by atoms with Crippen molar-refractivity contribution in [3.8, 4) is 0 Å². The lowest BCUT2D eigenvalue weighted by molar-refractivity contribution is -0.138. The molecule has 0 amide bonds. The molecule has 23 heavy (non-hydrogen) atoms. The summed E-state index contributed by atoms with van der Waals surface area (Å²) in [5.41, 5.74) is 2.04. The van der Waals surface area contributed by atoms with E-state index >= 15 is 0 Å². The number of halogens is 3. The van der Waals surface area contributed by atoms with Gasteiger partial charge >= 0.3 is 6.18 Å². The smallest absolute Gasteiger partial charge is 0.387 e. The number of alkyl halides is 3. The van der Waals surface area contributed by atoms with Crippen LogP contribution in [-0.2, 0) is 6.18 Å². The number of allylic oxidation sites excluding steroid dienone is 1. The fourth-order valence-corrected chi connectivity index (χ4v) is 2.31. The largest absolute Gasteiger partial charge is 0.418 e. The number of aryl methyl sites for hydroxylation is 1. The van der Waals surface area contributed by atoms with Crippen molar-refractivity contribution in [2.24, 2.45) is 0 Å². The zero-order chi connectivity index (χ0) is 17.5. The van der Waals surface area contributed by atoms with Gasteiger partial charge in [0.05, 0.1) is 12.1 Å². The third kappa shape index (κ3) is 5.44. The van der Waals surface area contributed by atoms with Gasteiger partial charge in [0, 0.05) is 18.4 Å². The monoisotopic (exact) mass is 329 g/mol. The maximum absolute atomic E-state index is 12.7. The molecule has 6 heteroatoms. The van der Waals surface area contributed by atoms with Crippen LogP contribution in [0.4, 0.5) is 19.0 Å². The number of hydrogen-bond acceptors (Lipinski definition) is 3. The number of rotatable bonds is 5. The minimum Gasteiger partial charge on any atom is -0.387 e. The highest BCUT2D eigenvalue weighted by atomic mass is 19.4. The number of aromatic nitrogens is 1. The molecule has 0 spiro atoms. The van der Waals surface area contributed by atoms with E-state index < -0.39 is 11.7 Å². The first-order valence-corrected chi connectivity index (χ1v) is 8.14. The Bertz CT molecular complexity index is 530. The summed E-state index contributed by atoms with van der Waals surface area (Å²) in [6, 6.07) is 1.44. The van der Waals surface area contributed by atoms with E-state index in [0.29, 0.717) is 12.4 Å². The van der Waals surface area contributed by atoms with Crippen LogP contribution in [0.25, 0.3) is 0 Å². The van der Waals surface area contributed by atoms with Crippen molar-refractivity contribution in [2.45, 2.75) is 53.1 Å². The van der Waals surface area contributed by atoms with Gasteiger partial charge in [-0.15, -0.1) is 0 Å². The lowest BCUT2D eigenvalue weighted by Gasteiger charge is -2.23. The summed E-state index contributed by atoms with van der Waals surface area (Å²) in [4.78, 5) is 3.86. The van der Waals surface area contributed by atoms with Crippen molar-refractivity contribution in [2.75, 3.05) is 18.4 Å². The van der Waals surface area contributed by atoms with Crippen molar-refractivity contribution in [1.82, 2.24) is 10.3 Å². The molecular weight excluding hydrogens is 303 g/mol. The number of pyridine rings is 1. The van der Waals surface area contributed by atoms with Crippen molar-refractivity contribution in [3.63, 3.8) is 0 Å². The van der Waals surface area contributed by atoms with E-state index in [9.17, 15) is 13.2 Å². The third-order valence-electron chi connectivity index (χ3n) is 3.64. The molecule has 0 aliphatic heterocycles. The maximum Gasteiger partial charge on any atom is 0.418 e. The van der Waals surface area contributed by atoms with E-state index in [2.05, 4.69) is 15.6 Å². The molecule has 1 aliphatic rings. The van der Waals surface area contributed by atoms with Crippen LogP contribution < -0.4 is 10.6 Å². The van der Waals surface area contributed by atoms with E-state index in [1.807, 2.05) is 20.8 Å². The van der Waals surface area contributed by atoms with Crippen molar-refractivity contribution < 1.29 is 13.2 Å². The van der Waals surface area contributed by atoms with Crippen LogP contribution in [-0.4, -0.2) is 18.1 Å². The van der Waals surface area contributed by atoms with Gasteiger partial charge in [-0.25, -0.2) is 4.98 Å². The van der Waals surface area contributed by atoms with E-state index in [-0.39, 0.29) is 5.56 Å². The lowest BCUT2D eigenvalue weighted by atomic mass is 9.90. The topological polar surface area (TPSA) is 37.0 Å². The third-order valence-corrected chi connectivity index (χ3v) is 3.64. The fourth-order valence-electron chi connectivity index (χ4n) is 2.31. The second kappa shape index (κ2) is 8.79. The normalized spacial score (nSPS) is 13.6. The molecule has 1 saturated carbocycles. The summed E-state index contributed by atoms with van der Waals surface area (Å²) < 4.78 is 38.0. The van der Waals surface area contributed by atoms with E-state index in [0.717, 1.165) is 31.3 Å². The first-order chi connectivity index (χ1) is 10.9. The van der Waals surface area contributed by atoms with Crippen molar-refractivity contribution in [1.29, 1.82) is 0 Å². The Labute approximate surface area is 136 Å². The molecule has 1 aliphatic carbocycles. The molecule has 1 heterocycles. The van der Waals surface area contributed by atoms with Crippen molar-refractivity contribution in [3.05, 3.63) is 34.7 Å². The zero-order valence-corrected chi connectivity index (χ0v) is 14.3. The molecule has 1 fully saturated rings. The molecule has 0 saturated heterocycles. The van der Waals surface area contributed by atoms with Crippen LogP contribution in [0, 0.1) is 6.92 Å². The molecule has 0 aromatic carbocycles. The number of nitrogens with one attached hydrogen (secondary N) is 2. The van der Waals surface area contributed by atoms with Gasteiger partial charge in [0.15, 0.2) is 0 Å². The van der Waals surface area contributed by atoms with Gasteiger partial charge in [0.1, 0.15) is 5.82 Å². The molecule has 0 bridgehead atoms. The molecule has 2 rings (SSSR count). The Kier molecular flexibility index (Phi) is 7.39. The predicted molar refractivity (Wildman–Crippen MR) is 88.4 cm³/mol. The zero-order valence-electron chi connectivity index (χ0n) is 14.3. The summed E-state index contributed by atoms with van der Waals surface area (Å²) in [7, 11) is 0. The Morgan fingerprint density at radius 3 is 2.35 bits per heavy atom. The van der Waals surface area contributed by atoms with Crippen molar-refractivity contribution >= 4 is 5.82 Å². The highest BCUT2D eigenvalue weighted by Gasteiger charge is 2.32. The van der Waals surface area contributed by atoms with E-state index in [1.54, 1.807) is 0 Å². The van der Waals surface area contributed by atoms with E-state index in [1.165, 1.54) is 25.0 Å². The summed E-state index contributed by atoms with van der Waals surface area (Å²) in [5, 5.41) is 6.41. The second-order valence-electron chi connectivity index (χ2n) is 5.20. The Balaban J connectivity index is 0.00000127. The highest BCUT2D eigenvalue weighted by Crippen LogP contribution is 2.32. The minimum atomic E-state index is -4.35. The molecule has 0 unspecified atom stereocenters. The van der Waals surface area contributed by atoms with Crippen LogP contribution in [0.1, 0.15) is 51.2 Å². The van der Waals surface area contributed by atoms with Gasteiger partial charge in [-0.2, -0.15) is 13.2 Å². The minimum absolute atomic E-state index is 0.182. The summed E-state index contributed by atoms with van der Waals surface area (Å²) in [6.45, 7) is 8.88. The number of hydrogen-bond donors (Lipinski definition) is 2. The molecule has 0 radical (unpaired) electrons. The maximum atomic E-state index is 12.7. The van der Waals surface area contributed by atoms with Crippen LogP contribution in [0.5, 0.6) is 0 Å². The van der Waals surface area contributed by atoms with Gasteiger partial charge < -0.3 is 10.6 Å². The summed E-state index contributed by atoms with van der Waals surface area (Å²) >= 11 is 0. The molecule has 2 N–H and O–H groups in total. The Morgan fingerprint density at radius 1 is 1.26 bits per heavy atom. The molecule has 1 aromatic rings. The molecule has 3 nitrogen and oxygen atoms in total. The first-order valence-electron chi connectivity index (χ1n) is 8.14. The van der Waals surface area contributed by atoms with Crippen LogP contribution >= 0.6 is 0 Å². The van der Waals surface area contributed by atoms with Gasteiger partial charge in [-0.05, 0) is 50.3 Å². The summed E-state index contributed by atoms with van der Waals surface area (Å²) in [6.07, 6.45) is -0.0473. The van der Waals surface area contributed by atoms with Crippen LogP contribution in [0.15, 0.2) is 23.5 Å². The van der Waals surface area contributed by atoms with Gasteiger partial charge in [0.2, 0.25) is 0 Å². The number of anilines is 1. The first kappa shape index (κ1) is 19.3. The second-order valence-corrected chi connectivity index (χ2v) is 5.20. The molecule has 0 atom stereocenters. The quantitative estimate of drug-likeness (QED) is 0.807. The number of nitrogens with zero attached hydrogens (tertiary/aromatic N) is 1. The van der Waals surface area contributed by atoms with E-state index in [4.69, 9.17) is 0 Å². The predicted octanol–water partition coefficient (Wildman–Crippen LogP) is 4.89. The van der Waals surface area contributed by atoms with Gasteiger partial charge in [-0.3, -0.25) is 0 Å². The average Bonchev–Trinajstić information content (AvgIpc) is 2.44. The van der Waals surface area contributed by atoms with Crippen LogP contribution in [0.2, 0.25) is 0 Å².